The van der Waals surface area contributed by atoms with E-state index in [0.29, 0.717) is 5.56 Å². The Morgan fingerprint density at radius 3 is 2.62 bits per heavy atom. The number of fused-ring (bicyclic) bond motifs is 1. The van der Waals surface area contributed by atoms with Crippen molar-refractivity contribution < 1.29 is 14.7 Å². The van der Waals surface area contributed by atoms with Gasteiger partial charge in [-0.25, -0.2) is 0 Å². The summed E-state index contributed by atoms with van der Waals surface area (Å²) in [4.78, 5) is 28.6. The molecule has 1 saturated carbocycles. The second-order valence-corrected chi connectivity index (χ2v) is 7.30. The molecule has 2 heterocycles. The second-order valence-electron chi connectivity index (χ2n) is 7.30. The van der Waals surface area contributed by atoms with Gasteiger partial charge in [-0.1, -0.05) is 0 Å². The maximum Gasteiger partial charge on any atom is 0.316 e. The largest absolute Gasteiger partial charge is 0.481 e. The number of benzene rings is 1. The van der Waals surface area contributed by atoms with E-state index in [4.69, 9.17) is 0 Å². The Kier molecular flexibility index (Phi) is 3.53. The summed E-state index contributed by atoms with van der Waals surface area (Å²) in [6.45, 7) is 6.24. The molecule has 1 unspecified atom stereocenters. The van der Waals surface area contributed by atoms with Crippen LogP contribution < -0.4 is 15.1 Å². The molecule has 1 aromatic carbocycles. The molecule has 0 aromatic heterocycles. The molecule has 0 radical (unpaired) electrons. The van der Waals surface area contributed by atoms with Crippen LogP contribution in [0.15, 0.2) is 18.2 Å². The van der Waals surface area contributed by atoms with Gasteiger partial charge in [-0.3, -0.25) is 9.59 Å². The summed E-state index contributed by atoms with van der Waals surface area (Å²) < 4.78 is 0. The quantitative estimate of drug-likeness (QED) is 0.816. The SMILES string of the molecule is CC1(N2CC(C(=O)O)C(=O)c3ccc(N4CCNCC4)cc32)CC1. The number of hydrogen-bond donors (Lipinski definition) is 2. The molecule has 0 amide bonds. The average Bonchev–Trinajstić information content (AvgIpc) is 3.34. The molecule has 2 fully saturated rings. The van der Waals surface area contributed by atoms with Crippen LogP contribution in [0.4, 0.5) is 11.4 Å². The maximum atomic E-state index is 12.6. The number of Topliss-reactive ketones (excluding diaryl/α,β-unsaturated/α-hetero) is 1. The van der Waals surface area contributed by atoms with E-state index in [1.165, 1.54) is 0 Å². The van der Waals surface area contributed by atoms with Gasteiger partial charge in [0.05, 0.1) is 5.69 Å². The van der Waals surface area contributed by atoms with Crippen LogP contribution in [-0.4, -0.2) is 55.1 Å². The zero-order chi connectivity index (χ0) is 16.9. The molecule has 2 N–H and O–H groups in total. The minimum Gasteiger partial charge on any atom is -0.481 e. The predicted octanol–water partition coefficient (Wildman–Crippen LogP) is 1.35. The Labute approximate surface area is 141 Å². The van der Waals surface area contributed by atoms with Crippen LogP contribution in [-0.2, 0) is 4.79 Å². The number of nitrogens with one attached hydrogen (secondary N) is 1. The fourth-order valence-electron chi connectivity index (χ4n) is 3.78. The molecule has 128 valence electrons. The number of hydrogen-bond acceptors (Lipinski definition) is 5. The number of anilines is 2. The van der Waals surface area contributed by atoms with Gasteiger partial charge in [0, 0.05) is 49.5 Å². The molecule has 1 atom stereocenters. The van der Waals surface area contributed by atoms with Crippen LogP contribution in [0, 0.1) is 5.92 Å². The lowest BCUT2D eigenvalue weighted by atomic mass is 9.89. The summed E-state index contributed by atoms with van der Waals surface area (Å²) in [5.41, 5.74) is 2.57. The first-order chi connectivity index (χ1) is 11.5. The van der Waals surface area contributed by atoms with E-state index >= 15 is 0 Å². The van der Waals surface area contributed by atoms with Crippen molar-refractivity contribution in [3.8, 4) is 0 Å². The van der Waals surface area contributed by atoms with E-state index in [1.54, 1.807) is 0 Å². The van der Waals surface area contributed by atoms with Crippen molar-refractivity contribution in [3.63, 3.8) is 0 Å². The Morgan fingerprint density at radius 2 is 2.00 bits per heavy atom. The van der Waals surface area contributed by atoms with Gasteiger partial charge in [-0.2, -0.15) is 0 Å². The lowest BCUT2D eigenvalue weighted by molar-refractivity contribution is -0.139. The first-order valence-corrected chi connectivity index (χ1v) is 8.64. The zero-order valence-corrected chi connectivity index (χ0v) is 13.9. The highest BCUT2D eigenvalue weighted by Gasteiger charge is 2.49. The summed E-state index contributed by atoms with van der Waals surface area (Å²) >= 11 is 0. The molecule has 24 heavy (non-hydrogen) atoms. The lowest BCUT2D eigenvalue weighted by Gasteiger charge is -2.39. The highest BCUT2D eigenvalue weighted by molar-refractivity contribution is 6.13. The zero-order valence-electron chi connectivity index (χ0n) is 13.9. The van der Waals surface area contributed by atoms with Crippen LogP contribution in [0.25, 0.3) is 0 Å². The first-order valence-electron chi connectivity index (χ1n) is 8.64. The number of carboxylic acids is 1. The molecule has 0 spiro atoms. The standard InChI is InChI=1S/C18H23N3O3/c1-18(4-5-18)21-11-14(17(23)24)16(22)13-3-2-12(10-15(13)21)20-8-6-19-7-9-20/h2-3,10,14,19H,4-9,11H2,1H3,(H,23,24). The van der Waals surface area contributed by atoms with Gasteiger partial charge in [0.2, 0.25) is 0 Å². The van der Waals surface area contributed by atoms with Crippen molar-refractivity contribution in [1.82, 2.24) is 5.32 Å². The van der Waals surface area contributed by atoms with Gasteiger partial charge in [-0.05, 0) is 38.0 Å². The third kappa shape index (κ3) is 2.45. The molecule has 3 aliphatic rings. The Balaban J connectivity index is 1.75. The van der Waals surface area contributed by atoms with Crippen LogP contribution in [0.3, 0.4) is 0 Å². The first kappa shape index (κ1) is 15.4. The number of piperazine rings is 1. The van der Waals surface area contributed by atoms with Crippen molar-refractivity contribution in [3.05, 3.63) is 23.8 Å². The van der Waals surface area contributed by atoms with E-state index in [-0.39, 0.29) is 17.9 Å². The Morgan fingerprint density at radius 1 is 1.29 bits per heavy atom. The minimum absolute atomic E-state index is 0.00870. The van der Waals surface area contributed by atoms with Crippen molar-refractivity contribution in [2.45, 2.75) is 25.3 Å². The predicted molar refractivity (Wildman–Crippen MR) is 92.0 cm³/mol. The van der Waals surface area contributed by atoms with E-state index in [9.17, 15) is 14.7 Å². The molecule has 6 nitrogen and oxygen atoms in total. The summed E-state index contributed by atoms with van der Waals surface area (Å²) in [6, 6.07) is 5.86. The molecule has 1 aliphatic carbocycles. The number of aliphatic carboxylic acids is 1. The number of carboxylic acid groups (broad SMARTS) is 1. The van der Waals surface area contributed by atoms with Crippen molar-refractivity contribution in [1.29, 1.82) is 0 Å². The highest BCUT2D eigenvalue weighted by Crippen LogP contribution is 2.47. The van der Waals surface area contributed by atoms with Gasteiger partial charge >= 0.3 is 5.97 Å². The fourth-order valence-corrected chi connectivity index (χ4v) is 3.78. The normalized spacial score (nSPS) is 25.4. The summed E-state index contributed by atoms with van der Waals surface area (Å²) in [7, 11) is 0. The molecule has 1 aromatic rings. The van der Waals surface area contributed by atoms with E-state index in [0.717, 1.165) is 50.4 Å². The molecule has 6 heteroatoms. The smallest absolute Gasteiger partial charge is 0.316 e. The second kappa shape index (κ2) is 5.48. The average molecular weight is 329 g/mol. The van der Waals surface area contributed by atoms with Gasteiger partial charge in [0.25, 0.3) is 0 Å². The molecular formula is C18H23N3O3. The van der Waals surface area contributed by atoms with Crippen molar-refractivity contribution in [2.75, 3.05) is 42.5 Å². The highest BCUT2D eigenvalue weighted by atomic mass is 16.4. The van der Waals surface area contributed by atoms with Gasteiger partial charge in [-0.15, -0.1) is 0 Å². The molecular weight excluding hydrogens is 306 g/mol. The number of rotatable bonds is 3. The van der Waals surface area contributed by atoms with Crippen LogP contribution in [0.1, 0.15) is 30.1 Å². The maximum absolute atomic E-state index is 12.6. The van der Waals surface area contributed by atoms with Gasteiger partial charge < -0.3 is 20.2 Å². The summed E-state index contributed by atoms with van der Waals surface area (Å²) in [5.74, 6) is -2.24. The van der Waals surface area contributed by atoms with Gasteiger partial charge in [0.1, 0.15) is 5.92 Å². The summed E-state index contributed by atoms with van der Waals surface area (Å²) in [5, 5.41) is 12.8. The lowest BCUT2D eigenvalue weighted by Crippen LogP contribution is -2.48. The molecule has 4 rings (SSSR count). The van der Waals surface area contributed by atoms with Crippen molar-refractivity contribution >= 4 is 23.1 Å². The third-order valence-electron chi connectivity index (χ3n) is 5.62. The van der Waals surface area contributed by atoms with E-state index < -0.39 is 11.9 Å². The minimum atomic E-state index is -1.02. The van der Waals surface area contributed by atoms with E-state index in [1.807, 2.05) is 12.1 Å². The van der Waals surface area contributed by atoms with Crippen LogP contribution in [0.5, 0.6) is 0 Å². The number of carbonyl (C=O) groups excluding carboxylic acids is 1. The van der Waals surface area contributed by atoms with Crippen LogP contribution in [0.2, 0.25) is 0 Å². The molecule has 2 aliphatic heterocycles. The Bertz CT molecular complexity index is 693. The number of carbonyl (C=O) groups is 2. The van der Waals surface area contributed by atoms with Crippen molar-refractivity contribution in [2.24, 2.45) is 5.92 Å². The topological polar surface area (TPSA) is 72.9 Å². The fraction of sp³-hybridized carbons (Fsp3) is 0.556. The molecule has 0 bridgehead atoms. The number of ketones is 1. The number of nitrogens with zero attached hydrogens (tertiary/aromatic N) is 2. The monoisotopic (exact) mass is 329 g/mol. The Hall–Kier alpha value is -2.08. The third-order valence-corrected chi connectivity index (χ3v) is 5.62. The molecule has 1 saturated heterocycles. The van der Waals surface area contributed by atoms with E-state index in [2.05, 4.69) is 28.1 Å². The van der Waals surface area contributed by atoms with Gasteiger partial charge in [0.15, 0.2) is 5.78 Å². The van der Waals surface area contributed by atoms with Crippen LogP contribution >= 0.6 is 0 Å². The summed E-state index contributed by atoms with van der Waals surface area (Å²) in [6.07, 6.45) is 2.09.